The lowest BCUT2D eigenvalue weighted by Crippen LogP contribution is -2.44. The van der Waals surface area contributed by atoms with E-state index in [0.29, 0.717) is 13.0 Å². The Kier molecular flexibility index (Phi) is 2.74. The van der Waals surface area contributed by atoms with Crippen LogP contribution in [0.4, 0.5) is 0 Å². The molecule has 2 atom stereocenters. The van der Waals surface area contributed by atoms with Gasteiger partial charge in [-0.15, -0.1) is 0 Å². The number of carbonyl (C=O) groups excluding carboxylic acids is 1. The van der Waals surface area contributed by atoms with Crippen molar-refractivity contribution >= 4 is 22.8 Å². The molecule has 0 radical (unpaired) electrons. The molecule has 0 saturated carbocycles. The van der Waals surface area contributed by atoms with E-state index in [-0.39, 0.29) is 5.92 Å². The molecule has 1 fully saturated rings. The molecule has 5 heteroatoms. The van der Waals surface area contributed by atoms with Gasteiger partial charge in [-0.1, -0.05) is 6.07 Å². The number of carbonyl (C=O) groups is 2. The van der Waals surface area contributed by atoms with Gasteiger partial charge >= 0.3 is 5.97 Å². The number of carboxylic acids is 1. The van der Waals surface area contributed by atoms with E-state index in [4.69, 9.17) is 0 Å². The molecule has 3 rings (SSSR count). The van der Waals surface area contributed by atoms with Gasteiger partial charge in [0.2, 0.25) is 5.91 Å². The number of piperidine rings is 1. The van der Waals surface area contributed by atoms with E-state index < -0.39 is 17.8 Å². The maximum atomic E-state index is 11.7. The van der Waals surface area contributed by atoms with Crippen LogP contribution in [0.1, 0.15) is 17.9 Å². The number of H-pyrrole nitrogens is 1. The summed E-state index contributed by atoms with van der Waals surface area (Å²) in [6.07, 6.45) is 2.50. The zero-order valence-electron chi connectivity index (χ0n) is 10.2. The molecule has 1 saturated heterocycles. The summed E-state index contributed by atoms with van der Waals surface area (Å²) < 4.78 is 0. The van der Waals surface area contributed by atoms with E-state index in [2.05, 4.69) is 10.3 Å². The van der Waals surface area contributed by atoms with Gasteiger partial charge in [-0.3, -0.25) is 9.59 Å². The molecule has 98 valence electrons. The number of rotatable bonds is 2. The minimum Gasteiger partial charge on any atom is -0.481 e. The molecule has 2 aromatic rings. The molecule has 2 heterocycles. The van der Waals surface area contributed by atoms with Crippen molar-refractivity contribution in [2.45, 2.75) is 12.3 Å². The van der Waals surface area contributed by atoms with Crippen molar-refractivity contribution in [1.82, 2.24) is 10.3 Å². The summed E-state index contributed by atoms with van der Waals surface area (Å²) in [7, 11) is 0. The van der Waals surface area contributed by atoms with Crippen LogP contribution in [-0.2, 0) is 9.59 Å². The standard InChI is InChI=1S/C14H14N2O3/c17-13-12(14(18)19)10(4-6-16-13)8-1-2-11-9(7-8)3-5-15-11/h1-3,5,7,10,12,15H,4,6H2,(H,16,17)(H,18,19). The minimum atomic E-state index is -1.06. The Morgan fingerprint density at radius 3 is 2.95 bits per heavy atom. The molecule has 1 aliphatic heterocycles. The van der Waals surface area contributed by atoms with Crippen LogP contribution >= 0.6 is 0 Å². The number of nitrogens with one attached hydrogen (secondary N) is 2. The first-order chi connectivity index (χ1) is 9.16. The number of benzene rings is 1. The summed E-state index contributed by atoms with van der Waals surface area (Å²) in [5.74, 6) is -2.70. The van der Waals surface area contributed by atoms with Crippen molar-refractivity contribution in [3.05, 3.63) is 36.0 Å². The van der Waals surface area contributed by atoms with Crippen molar-refractivity contribution in [3.63, 3.8) is 0 Å². The van der Waals surface area contributed by atoms with Crippen LogP contribution in [0, 0.1) is 5.92 Å². The Hall–Kier alpha value is -2.30. The summed E-state index contributed by atoms with van der Waals surface area (Å²) in [6.45, 7) is 0.526. The Balaban J connectivity index is 2.02. The molecule has 0 bridgehead atoms. The lowest BCUT2D eigenvalue weighted by Gasteiger charge is -2.28. The number of hydrogen-bond acceptors (Lipinski definition) is 2. The topological polar surface area (TPSA) is 82.2 Å². The molecule has 19 heavy (non-hydrogen) atoms. The average Bonchev–Trinajstić information content (AvgIpc) is 2.85. The van der Waals surface area contributed by atoms with Gasteiger partial charge in [0.15, 0.2) is 0 Å². The fourth-order valence-corrected chi connectivity index (χ4v) is 2.76. The Morgan fingerprint density at radius 2 is 2.16 bits per heavy atom. The zero-order chi connectivity index (χ0) is 13.4. The van der Waals surface area contributed by atoms with Crippen LogP contribution in [-0.4, -0.2) is 28.5 Å². The van der Waals surface area contributed by atoms with E-state index in [9.17, 15) is 14.7 Å². The van der Waals surface area contributed by atoms with Crippen LogP contribution in [0.5, 0.6) is 0 Å². The highest BCUT2D eigenvalue weighted by Gasteiger charge is 2.38. The lowest BCUT2D eigenvalue weighted by molar-refractivity contribution is -0.149. The zero-order valence-corrected chi connectivity index (χ0v) is 10.2. The van der Waals surface area contributed by atoms with Gasteiger partial charge in [-0.25, -0.2) is 0 Å². The normalized spacial score (nSPS) is 23.3. The Bertz CT molecular complexity index is 647. The van der Waals surface area contributed by atoms with Crippen molar-refractivity contribution in [1.29, 1.82) is 0 Å². The molecule has 3 N–H and O–H groups in total. The fourth-order valence-electron chi connectivity index (χ4n) is 2.76. The highest BCUT2D eigenvalue weighted by atomic mass is 16.4. The summed E-state index contributed by atoms with van der Waals surface area (Å²) >= 11 is 0. The largest absolute Gasteiger partial charge is 0.481 e. The maximum absolute atomic E-state index is 11.7. The molecule has 2 unspecified atom stereocenters. The monoisotopic (exact) mass is 258 g/mol. The quantitative estimate of drug-likeness (QED) is 0.713. The van der Waals surface area contributed by atoms with Gasteiger partial charge in [0.05, 0.1) is 0 Å². The van der Waals surface area contributed by atoms with E-state index in [0.717, 1.165) is 16.5 Å². The van der Waals surface area contributed by atoms with E-state index in [1.54, 1.807) is 0 Å². The minimum absolute atomic E-state index is 0.259. The van der Waals surface area contributed by atoms with Crippen molar-refractivity contribution < 1.29 is 14.7 Å². The number of aliphatic carboxylic acids is 1. The van der Waals surface area contributed by atoms with Crippen molar-refractivity contribution in [2.24, 2.45) is 5.92 Å². The summed E-state index contributed by atoms with van der Waals surface area (Å²) in [5, 5.41) is 12.9. The summed E-state index contributed by atoms with van der Waals surface area (Å²) in [6, 6.07) is 7.73. The Morgan fingerprint density at radius 1 is 1.32 bits per heavy atom. The van der Waals surface area contributed by atoms with Gasteiger partial charge in [-0.2, -0.15) is 0 Å². The number of hydrogen-bond donors (Lipinski definition) is 3. The number of aromatic amines is 1. The molecule has 1 aromatic heterocycles. The molecule has 1 amide bonds. The van der Waals surface area contributed by atoms with Crippen molar-refractivity contribution in [3.8, 4) is 0 Å². The van der Waals surface area contributed by atoms with Crippen LogP contribution in [0.15, 0.2) is 30.5 Å². The van der Waals surface area contributed by atoms with Gasteiger partial charge in [0, 0.05) is 24.2 Å². The molecular formula is C14H14N2O3. The first kappa shape index (κ1) is 11.8. The second-order valence-corrected chi connectivity index (χ2v) is 4.83. The Labute approximate surface area is 109 Å². The summed E-state index contributed by atoms with van der Waals surface area (Å²) in [5.41, 5.74) is 1.92. The second-order valence-electron chi connectivity index (χ2n) is 4.83. The fraction of sp³-hybridized carbons (Fsp3) is 0.286. The third kappa shape index (κ3) is 1.97. The first-order valence-corrected chi connectivity index (χ1v) is 6.24. The van der Waals surface area contributed by atoms with Crippen LogP contribution < -0.4 is 5.32 Å². The number of carboxylic acid groups (broad SMARTS) is 1. The number of amides is 1. The lowest BCUT2D eigenvalue weighted by atomic mass is 9.80. The van der Waals surface area contributed by atoms with E-state index in [1.165, 1.54) is 0 Å². The third-order valence-corrected chi connectivity index (χ3v) is 3.71. The summed E-state index contributed by atoms with van der Waals surface area (Å²) in [4.78, 5) is 26.1. The first-order valence-electron chi connectivity index (χ1n) is 6.24. The van der Waals surface area contributed by atoms with Crippen molar-refractivity contribution in [2.75, 3.05) is 6.54 Å². The molecular weight excluding hydrogens is 244 g/mol. The highest BCUT2D eigenvalue weighted by molar-refractivity contribution is 5.98. The smallest absolute Gasteiger partial charge is 0.316 e. The molecule has 5 nitrogen and oxygen atoms in total. The van der Waals surface area contributed by atoms with Gasteiger partial charge < -0.3 is 15.4 Å². The SMILES string of the molecule is O=C(O)C1C(=O)NCCC1c1ccc2[nH]ccc2c1. The van der Waals surface area contributed by atoms with Crippen LogP contribution in [0.3, 0.4) is 0 Å². The molecule has 1 aromatic carbocycles. The molecule has 0 spiro atoms. The van der Waals surface area contributed by atoms with Gasteiger partial charge in [0.25, 0.3) is 0 Å². The third-order valence-electron chi connectivity index (χ3n) is 3.71. The van der Waals surface area contributed by atoms with Crippen LogP contribution in [0.25, 0.3) is 10.9 Å². The van der Waals surface area contributed by atoms with Crippen LogP contribution in [0.2, 0.25) is 0 Å². The predicted molar refractivity (Wildman–Crippen MR) is 69.8 cm³/mol. The maximum Gasteiger partial charge on any atom is 0.316 e. The van der Waals surface area contributed by atoms with Gasteiger partial charge in [-0.05, 0) is 35.6 Å². The van der Waals surface area contributed by atoms with E-state index >= 15 is 0 Å². The average molecular weight is 258 g/mol. The van der Waals surface area contributed by atoms with E-state index in [1.807, 2.05) is 30.5 Å². The second kappa shape index (κ2) is 4.42. The molecule has 0 aliphatic carbocycles. The highest BCUT2D eigenvalue weighted by Crippen LogP contribution is 2.32. The molecule has 1 aliphatic rings. The number of aromatic nitrogens is 1. The number of fused-ring (bicyclic) bond motifs is 1. The van der Waals surface area contributed by atoms with Gasteiger partial charge in [0.1, 0.15) is 5.92 Å². The predicted octanol–water partition coefficient (Wildman–Crippen LogP) is 1.47.